The minimum Gasteiger partial charge on any atom is -0.261 e. The van der Waals surface area contributed by atoms with E-state index in [9.17, 15) is 8.42 Å². The standard InChI is InChI=1S/C20H17NO2S/c1-15-10-12-17(13-11-15)24(22,23)21-14-16-6-2-3-7-18(16)19-8-4-5-9-20(19)21/h2-13H,14H2,1H3. The molecule has 0 saturated heterocycles. The average molecular weight is 335 g/mol. The van der Waals surface area contributed by atoms with Gasteiger partial charge in [-0.1, -0.05) is 60.2 Å². The van der Waals surface area contributed by atoms with Gasteiger partial charge in [0.1, 0.15) is 0 Å². The van der Waals surface area contributed by atoms with E-state index < -0.39 is 10.0 Å². The summed E-state index contributed by atoms with van der Waals surface area (Å²) < 4.78 is 27.9. The molecule has 3 nitrogen and oxygen atoms in total. The van der Waals surface area contributed by atoms with Crippen LogP contribution in [-0.2, 0) is 16.6 Å². The molecule has 0 spiro atoms. The van der Waals surface area contributed by atoms with Crippen LogP contribution in [0.15, 0.2) is 77.7 Å². The predicted molar refractivity (Wildman–Crippen MR) is 96.4 cm³/mol. The second-order valence-corrected chi connectivity index (χ2v) is 7.86. The Morgan fingerprint density at radius 1 is 0.792 bits per heavy atom. The van der Waals surface area contributed by atoms with Crippen molar-refractivity contribution in [1.29, 1.82) is 0 Å². The van der Waals surface area contributed by atoms with Crippen LogP contribution >= 0.6 is 0 Å². The zero-order valence-corrected chi connectivity index (χ0v) is 14.1. The van der Waals surface area contributed by atoms with E-state index >= 15 is 0 Å². The highest BCUT2D eigenvalue weighted by molar-refractivity contribution is 7.92. The number of aryl methyl sites for hydroxylation is 1. The predicted octanol–water partition coefficient (Wildman–Crippen LogP) is 4.37. The Balaban J connectivity index is 1.89. The number of sulfonamides is 1. The van der Waals surface area contributed by atoms with E-state index in [2.05, 4.69) is 0 Å². The molecule has 0 aromatic heterocycles. The van der Waals surface area contributed by atoms with E-state index in [-0.39, 0.29) is 0 Å². The molecule has 3 aromatic rings. The van der Waals surface area contributed by atoms with Gasteiger partial charge < -0.3 is 0 Å². The van der Waals surface area contributed by atoms with E-state index in [4.69, 9.17) is 0 Å². The van der Waals surface area contributed by atoms with Crippen LogP contribution in [0.2, 0.25) is 0 Å². The molecule has 0 N–H and O–H groups in total. The van der Waals surface area contributed by atoms with Gasteiger partial charge in [0, 0.05) is 5.56 Å². The summed E-state index contributed by atoms with van der Waals surface area (Å²) in [4.78, 5) is 0.322. The smallest absolute Gasteiger partial charge is 0.261 e. The molecule has 1 aliphatic rings. The first-order valence-corrected chi connectivity index (χ1v) is 9.28. The largest absolute Gasteiger partial charge is 0.264 e. The van der Waals surface area contributed by atoms with Crippen molar-refractivity contribution in [3.8, 4) is 11.1 Å². The fourth-order valence-corrected chi connectivity index (χ4v) is 4.59. The van der Waals surface area contributed by atoms with E-state index in [0.717, 1.165) is 27.9 Å². The van der Waals surface area contributed by atoms with E-state index in [0.29, 0.717) is 11.4 Å². The van der Waals surface area contributed by atoms with Crippen LogP contribution in [0.5, 0.6) is 0 Å². The van der Waals surface area contributed by atoms with E-state index in [1.165, 1.54) is 4.31 Å². The minimum atomic E-state index is -3.60. The van der Waals surface area contributed by atoms with Crippen LogP contribution < -0.4 is 4.31 Å². The lowest BCUT2D eigenvalue weighted by Gasteiger charge is -2.32. The van der Waals surface area contributed by atoms with Gasteiger partial charge in [0.15, 0.2) is 0 Å². The first kappa shape index (κ1) is 15.0. The van der Waals surface area contributed by atoms with E-state index in [1.54, 1.807) is 12.1 Å². The quantitative estimate of drug-likeness (QED) is 0.697. The van der Waals surface area contributed by atoms with Gasteiger partial charge in [-0.3, -0.25) is 4.31 Å². The Bertz CT molecular complexity index is 1010. The van der Waals surface area contributed by atoms with Crippen LogP contribution in [0.4, 0.5) is 5.69 Å². The molecule has 24 heavy (non-hydrogen) atoms. The second-order valence-electron chi connectivity index (χ2n) is 6.00. The molecule has 0 bridgehead atoms. The summed E-state index contributed by atoms with van der Waals surface area (Å²) in [6.07, 6.45) is 0. The molecule has 120 valence electrons. The number of hydrogen-bond acceptors (Lipinski definition) is 2. The number of nitrogens with zero attached hydrogens (tertiary/aromatic N) is 1. The summed E-state index contributed by atoms with van der Waals surface area (Å²) in [5, 5.41) is 0. The molecule has 0 aliphatic carbocycles. The molecule has 0 radical (unpaired) electrons. The Kier molecular flexibility index (Phi) is 3.43. The lowest BCUT2D eigenvalue weighted by Crippen LogP contribution is -2.33. The normalized spacial score (nSPS) is 13.3. The van der Waals surface area contributed by atoms with Crippen molar-refractivity contribution in [2.75, 3.05) is 4.31 Å². The first-order chi connectivity index (χ1) is 11.6. The van der Waals surface area contributed by atoms with Crippen LogP contribution in [0.1, 0.15) is 11.1 Å². The Hall–Kier alpha value is -2.59. The number of hydrogen-bond donors (Lipinski definition) is 0. The van der Waals surface area contributed by atoms with Crippen molar-refractivity contribution in [3.05, 3.63) is 83.9 Å². The molecule has 1 heterocycles. The van der Waals surface area contributed by atoms with Gasteiger partial charge in [0.25, 0.3) is 10.0 Å². The lowest BCUT2D eigenvalue weighted by atomic mass is 9.95. The van der Waals surface area contributed by atoms with Crippen LogP contribution in [0.25, 0.3) is 11.1 Å². The third-order valence-electron chi connectivity index (χ3n) is 4.40. The van der Waals surface area contributed by atoms with E-state index in [1.807, 2.05) is 67.6 Å². The highest BCUT2D eigenvalue weighted by Gasteiger charge is 2.31. The SMILES string of the molecule is Cc1ccc(S(=O)(=O)N2Cc3ccccc3-c3ccccc32)cc1. The van der Waals surface area contributed by atoms with Gasteiger partial charge in [0.05, 0.1) is 17.1 Å². The van der Waals surface area contributed by atoms with Crippen LogP contribution in [-0.4, -0.2) is 8.42 Å². The monoisotopic (exact) mass is 335 g/mol. The number of anilines is 1. The van der Waals surface area contributed by atoms with Crippen LogP contribution in [0.3, 0.4) is 0 Å². The molecule has 0 fully saturated rings. The van der Waals surface area contributed by atoms with Crippen molar-refractivity contribution >= 4 is 15.7 Å². The number of benzene rings is 3. The van der Waals surface area contributed by atoms with Gasteiger partial charge in [-0.15, -0.1) is 0 Å². The lowest BCUT2D eigenvalue weighted by molar-refractivity contribution is 0.590. The molecular formula is C20H17NO2S. The molecule has 0 atom stereocenters. The van der Waals surface area contributed by atoms with Crippen LogP contribution in [0, 0.1) is 6.92 Å². The number of rotatable bonds is 2. The Labute approximate surface area is 142 Å². The van der Waals surface area contributed by atoms with Gasteiger partial charge >= 0.3 is 0 Å². The number of fused-ring (bicyclic) bond motifs is 3. The molecule has 1 aliphatic heterocycles. The highest BCUT2D eigenvalue weighted by atomic mass is 32.2. The molecule has 0 unspecified atom stereocenters. The average Bonchev–Trinajstić information content (AvgIpc) is 2.61. The topological polar surface area (TPSA) is 37.4 Å². The van der Waals surface area contributed by atoms with Crippen molar-refractivity contribution in [2.45, 2.75) is 18.4 Å². The maximum atomic E-state index is 13.2. The summed E-state index contributed by atoms with van der Waals surface area (Å²) in [5.41, 5.74) is 4.85. The molecule has 0 saturated carbocycles. The molecule has 0 amide bonds. The zero-order valence-electron chi connectivity index (χ0n) is 13.3. The van der Waals surface area contributed by atoms with Gasteiger partial charge in [-0.25, -0.2) is 8.42 Å². The van der Waals surface area contributed by atoms with Gasteiger partial charge in [-0.05, 0) is 36.2 Å². The summed E-state index contributed by atoms with van der Waals surface area (Å²) >= 11 is 0. The van der Waals surface area contributed by atoms with Gasteiger partial charge in [-0.2, -0.15) is 0 Å². The maximum Gasteiger partial charge on any atom is 0.264 e. The van der Waals surface area contributed by atoms with Gasteiger partial charge in [0.2, 0.25) is 0 Å². The zero-order chi connectivity index (χ0) is 16.7. The number of para-hydroxylation sites is 1. The van der Waals surface area contributed by atoms with Crippen molar-refractivity contribution in [1.82, 2.24) is 0 Å². The molecule has 4 rings (SSSR count). The Morgan fingerprint density at radius 3 is 2.17 bits per heavy atom. The Morgan fingerprint density at radius 2 is 1.42 bits per heavy atom. The fourth-order valence-electron chi connectivity index (χ4n) is 3.13. The summed E-state index contributed by atoms with van der Waals surface area (Å²) in [6, 6.07) is 22.6. The van der Waals surface area contributed by atoms with Crippen molar-refractivity contribution in [2.24, 2.45) is 0 Å². The summed E-state index contributed by atoms with van der Waals surface area (Å²) in [5.74, 6) is 0. The van der Waals surface area contributed by atoms with Crippen molar-refractivity contribution in [3.63, 3.8) is 0 Å². The molecular weight excluding hydrogens is 318 g/mol. The second kappa shape index (κ2) is 5.49. The third-order valence-corrected chi connectivity index (χ3v) is 6.18. The maximum absolute atomic E-state index is 13.2. The molecule has 3 aromatic carbocycles. The van der Waals surface area contributed by atoms with Crippen molar-refractivity contribution < 1.29 is 8.42 Å². The summed E-state index contributed by atoms with van der Waals surface area (Å²) in [6.45, 7) is 2.30. The highest BCUT2D eigenvalue weighted by Crippen LogP contribution is 2.41. The fraction of sp³-hybridized carbons (Fsp3) is 0.100. The molecule has 4 heteroatoms. The first-order valence-electron chi connectivity index (χ1n) is 7.84. The minimum absolute atomic E-state index is 0.322. The third kappa shape index (κ3) is 2.31. The summed E-state index contributed by atoms with van der Waals surface area (Å²) in [7, 11) is -3.60.